The van der Waals surface area contributed by atoms with Crippen molar-refractivity contribution in [3.63, 3.8) is 0 Å². The Balaban J connectivity index is 2.89. The Bertz CT molecular complexity index is 440. The molecule has 0 saturated carbocycles. The number of rotatable bonds is 7. The number of hydrogen-bond acceptors (Lipinski definition) is 3. The van der Waals surface area contributed by atoms with Crippen LogP contribution in [0, 0.1) is 17.1 Å². The third-order valence-corrected chi connectivity index (χ3v) is 3.20. The van der Waals surface area contributed by atoms with Gasteiger partial charge >= 0.3 is 0 Å². The molecule has 0 amide bonds. The van der Waals surface area contributed by atoms with E-state index in [1.807, 2.05) is 31.7 Å². The van der Waals surface area contributed by atoms with Crippen LogP contribution in [0.3, 0.4) is 0 Å². The first-order valence-electron chi connectivity index (χ1n) is 6.78. The summed E-state index contributed by atoms with van der Waals surface area (Å²) in [5, 5.41) is 11.9. The van der Waals surface area contributed by atoms with Gasteiger partial charge in [0.2, 0.25) is 0 Å². The monoisotopic (exact) mass is 263 g/mol. The minimum absolute atomic E-state index is 0.141. The minimum atomic E-state index is -0.220. The minimum Gasteiger partial charge on any atom is -0.368 e. The molecule has 0 aliphatic heterocycles. The van der Waals surface area contributed by atoms with Gasteiger partial charge in [0.15, 0.2) is 0 Å². The Kier molecular flexibility index (Phi) is 6.31. The Morgan fingerprint density at radius 2 is 2.16 bits per heavy atom. The summed E-state index contributed by atoms with van der Waals surface area (Å²) in [7, 11) is 0. The second-order valence-corrected chi connectivity index (χ2v) is 4.48. The molecule has 0 aliphatic rings. The second kappa shape index (κ2) is 7.75. The standard InChI is InChI=1S/C15H22FN3/c1-4-18-12(3)13-7-8-15(14(16)11-13)19(5-2)10-6-9-17/h7-8,11-12,18H,4-6,10H2,1-3H3. The van der Waals surface area contributed by atoms with Crippen molar-refractivity contribution >= 4 is 5.69 Å². The Morgan fingerprint density at radius 3 is 2.68 bits per heavy atom. The maximum Gasteiger partial charge on any atom is 0.146 e. The largest absolute Gasteiger partial charge is 0.368 e. The zero-order chi connectivity index (χ0) is 14.3. The van der Waals surface area contributed by atoms with E-state index < -0.39 is 0 Å². The van der Waals surface area contributed by atoms with Crippen molar-refractivity contribution in [3.05, 3.63) is 29.6 Å². The molecular weight excluding hydrogens is 241 g/mol. The number of anilines is 1. The maximum atomic E-state index is 14.2. The van der Waals surface area contributed by atoms with E-state index in [2.05, 4.69) is 11.4 Å². The highest BCUT2D eigenvalue weighted by Gasteiger charge is 2.12. The molecule has 1 N–H and O–H groups in total. The van der Waals surface area contributed by atoms with Crippen molar-refractivity contribution in [2.24, 2.45) is 0 Å². The van der Waals surface area contributed by atoms with E-state index in [0.717, 1.165) is 12.1 Å². The molecule has 1 aromatic rings. The van der Waals surface area contributed by atoms with Gasteiger partial charge in [0.1, 0.15) is 5.82 Å². The molecule has 0 radical (unpaired) electrons. The lowest BCUT2D eigenvalue weighted by molar-refractivity contribution is 0.580. The molecule has 0 aromatic heterocycles. The SMILES string of the molecule is CCNC(C)c1ccc(N(CC)CCC#N)c(F)c1. The third kappa shape index (κ3) is 4.22. The van der Waals surface area contributed by atoms with E-state index in [1.165, 1.54) is 0 Å². The van der Waals surface area contributed by atoms with Gasteiger partial charge in [-0.3, -0.25) is 0 Å². The summed E-state index contributed by atoms with van der Waals surface area (Å²) >= 11 is 0. The fourth-order valence-electron chi connectivity index (χ4n) is 2.11. The molecule has 0 aliphatic carbocycles. The zero-order valence-electron chi connectivity index (χ0n) is 11.9. The van der Waals surface area contributed by atoms with Gasteiger partial charge in [-0.15, -0.1) is 0 Å². The van der Waals surface area contributed by atoms with Gasteiger partial charge in [0.25, 0.3) is 0 Å². The van der Waals surface area contributed by atoms with Gasteiger partial charge < -0.3 is 10.2 Å². The summed E-state index contributed by atoms with van der Waals surface area (Å²) in [6.45, 7) is 8.12. The average molecular weight is 263 g/mol. The van der Waals surface area contributed by atoms with Crippen LogP contribution >= 0.6 is 0 Å². The summed E-state index contributed by atoms with van der Waals surface area (Å²) in [6.07, 6.45) is 0.406. The van der Waals surface area contributed by atoms with Crippen molar-refractivity contribution in [1.82, 2.24) is 5.32 Å². The van der Waals surface area contributed by atoms with Crippen LogP contribution in [0.5, 0.6) is 0 Å². The highest BCUT2D eigenvalue weighted by Crippen LogP contribution is 2.23. The number of hydrogen-bond donors (Lipinski definition) is 1. The van der Waals surface area contributed by atoms with Gasteiger partial charge in [-0.25, -0.2) is 4.39 Å². The van der Waals surface area contributed by atoms with Crippen molar-refractivity contribution in [2.75, 3.05) is 24.5 Å². The van der Waals surface area contributed by atoms with E-state index in [0.29, 0.717) is 25.2 Å². The highest BCUT2D eigenvalue weighted by molar-refractivity contribution is 5.49. The molecule has 19 heavy (non-hydrogen) atoms. The van der Waals surface area contributed by atoms with Crippen LogP contribution in [0.25, 0.3) is 0 Å². The number of nitrogens with zero attached hydrogens (tertiary/aromatic N) is 2. The highest BCUT2D eigenvalue weighted by atomic mass is 19.1. The lowest BCUT2D eigenvalue weighted by Gasteiger charge is -2.23. The summed E-state index contributed by atoms with van der Waals surface area (Å²) in [5.41, 5.74) is 1.52. The van der Waals surface area contributed by atoms with E-state index in [9.17, 15) is 4.39 Å². The molecule has 0 saturated heterocycles. The molecule has 0 heterocycles. The van der Waals surface area contributed by atoms with E-state index in [-0.39, 0.29) is 11.9 Å². The van der Waals surface area contributed by atoms with Gasteiger partial charge in [-0.2, -0.15) is 5.26 Å². The van der Waals surface area contributed by atoms with Crippen molar-refractivity contribution in [2.45, 2.75) is 33.2 Å². The van der Waals surface area contributed by atoms with E-state index in [4.69, 9.17) is 5.26 Å². The summed E-state index contributed by atoms with van der Waals surface area (Å²) in [5.74, 6) is -0.220. The summed E-state index contributed by atoms with van der Waals surface area (Å²) < 4.78 is 14.2. The first-order valence-corrected chi connectivity index (χ1v) is 6.78. The lowest BCUT2D eigenvalue weighted by Crippen LogP contribution is -2.25. The predicted octanol–water partition coefficient (Wildman–Crippen LogP) is 3.24. The van der Waals surface area contributed by atoms with Crippen molar-refractivity contribution in [1.29, 1.82) is 5.26 Å². The first-order chi connectivity index (χ1) is 9.13. The Hall–Kier alpha value is -1.60. The van der Waals surface area contributed by atoms with Crippen LogP contribution in [0.4, 0.5) is 10.1 Å². The second-order valence-electron chi connectivity index (χ2n) is 4.48. The first kappa shape index (κ1) is 15.5. The number of nitriles is 1. The number of halogens is 1. The van der Waals surface area contributed by atoms with Gasteiger partial charge in [-0.1, -0.05) is 13.0 Å². The van der Waals surface area contributed by atoms with Crippen LogP contribution < -0.4 is 10.2 Å². The van der Waals surface area contributed by atoms with Crippen LogP contribution in [0.1, 0.15) is 38.8 Å². The van der Waals surface area contributed by atoms with Crippen LogP contribution in [-0.2, 0) is 0 Å². The maximum absolute atomic E-state index is 14.2. The molecule has 104 valence electrons. The molecular formula is C15H22FN3. The molecule has 3 nitrogen and oxygen atoms in total. The lowest BCUT2D eigenvalue weighted by atomic mass is 10.1. The molecule has 0 spiro atoms. The number of benzene rings is 1. The van der Waals surface area contributed by atoms with Crippen LogP contribution in [-0.4, -0.2) is 19.6 Å². The van der Waals surface area contributed by atoms with Crippen molar-refractivity contribution < 1.29 is 4.39 Å². The smallest absolute Gasteiger partial charge is 0.146 e. The quantitative estimate of drug-likeness (QED) is 0.821. The van der Waals surface area contributed by atoms with Crippen molar-refractivity contribution in [3.8, 4) is 6.07 Å². The van der Waals surface area contributed by atoms with Gasteiger partial charge in [0.05, 0.1) is 18.2 Å². The fraction of sp³-hybridized carbons (Fsp3) is 0.533. The molecule has 0 fully saturated rings. The van der Waals surface area contributed by atoms with Gasteiger partial charge in [-0.05, 0) is 38.1 Å². The molecule has 4 heteroatoms. The molecule has 1 unspecified atom stereocenters. The van der Waals surface area contributed by atoms with E-state index in [1.54, 1.807) is 12.1 Å². The molecule has 1 atom stereocenters. The number of nitrogens with one attached hydrogen (secondary N) is 1. The Labute approximate surface area is 115 Å². The fourth-order valence-corrected chi connectivity index (χ4v) is 2.11. The summed E-state index contributed by atoms with van der Waals surface area (Å²) in [6, 6.07) is 7.57. The third-order valence-electron chi connectivity index (χ3n) is 3.20. The molecule has 1 rings (SSSR count). The van der Waals surface area contributed by atoms with Gasteiger partial charge in [0, 0.05) is 19.1 Å². The Morgan fingerprint density at radius 1 is 1.42 bits per heavy atom. The molecule has 0 bridgehead atoms. The zero-order valence-corrected chi connectivity index (χ0v) is 11.9. The van der Waals surface area contributed by atoms with Crippen LogP contribution in [0.15, 0.2) is 18.2 Å². The normalized spacial score (nSPS) is 11.9. The predicted molar refractivity (Wildman–Crippen MR) is 76.6 cm³/mol. The summed E-state index contributed by atoms with van der Waals surface area (Å²) in [4.78, 5) is 1.89. The van der Waals surface area contributed by atoms with Crippen LogP contribution in [0.2, 0.25) is 0 Å². The van der Waals surface area contributed by atoms with E-state index >= 15 is 0 Å². The topological polar surface area (TPSA) is 39.1 Å². The average Bonchev–Trinajstić information content (AvgIpc) is 2.41. The molecule has 1 aromatic carbocycles.